The van der Waals surface area contributed by atoms with E-state index in [1.807, 2.05) is 6.92 Å². The molecule has 1 heterocycles. The number of rotatable bonds is 4. The summed E-state index contributed by atoms with van der Waals surface area (Å²) in [6.07, 6.45) is 1.73. The van der Waals surface area contributed by atoms with Gasteiger partial charge in [0.25, 0.3) is 5.91 Å². The number of amides is 1. The van der Waals surface area contributed by atoms with Gasteiger partial charge in [-0.2, -0.15) is 0 Å². The highest BCUT2D eigenvalue weighted by Gasteiger charge is 2.17. The van der Waals surface area contributed by atoms with Crippen molar-refractivity contribution in [2.45, 2.75) is 13.5 Å². The number of carboxylic acid groups (broad SMARTS) is 1. The van der Waals surface area contributed by atoms with Gasteiger partial charge in [-0.1, -0.05) is 0 Å². The summed E-state index contributed by atoms with van der Waals surface area (Å²) in [7, 11) is 0. The van der Waals surface area contributed by atoms with Crippen LogP contribution in [-0.4, -0.2) is 21.6 Å². The number of hydrogen-bond acceptors (Lipinski definition) is 2. The van der Waals surface area contributed by atoms with Crippen LogP contribution in [0.5, 0.6) is 0 Å². The van der Waals surface area contributed by atoms with E-state index in [-0.39, 0.29) is 11.3 Å². The summed E-state index contributed by atoms with van der Waals surface area (Å²) < 4.78 is 15.7. The molecular weight excluding hydrogens is 343 g/mol. The highest BCUT2D eigenvalue weighted by atomic mass is 79.9. The van der Waals surface area contributed by atoms with Gasteiger partial charge in [0.2, 0.25) is 0 Å². The summed E-state index contributed by atoms with van der Waals surface area (Å²) in [5, 5.41) is 11.5. The number of carbonyl (C=O) groups is 2. The van der Waals surface area contributed by atoms with Crippen LogP contribution in [0.3, 0.4) is 0 Å². The summed E-state index contributed by atoms with van der Waals surface area (Å²) in [6.45, 7) is 2.44. The van der Waals surface area contributed by atoms with Crippen LogP contribution in [-0.2, 0) is 6.54 Å². The van der Waals surface area contributed by atoms with Crippen molar-refractivity contribution in [3.8, 4) is 0 Å². The molecule has 1 amide bonds. The maximum atomic E-state index is 13.3. The van der Waals surface area contributed by atoms with Crippen molar-refractivity contribution < 1.29 is 19.1 Å². The molecule has 0 aliphatic heterocycles. The van der Waals surface area contributed by atoms with Crippen LogP contribution in [0.2, 0.25) is 0 Å². The first-order chi connectivity index (χ1) is 9.92. The van der Waals surface area contributed by atoms with Crippen molar-refractivity contribution in [3.05, 3.63) is 52.0 Å². The molecule has 5 nitrogen and oxygen atoms in total. The third kappa shape index (κ3) is 3.30. The van der Waals surface area contributed by atoms with Crippen LogP contribution < -0.4 is 5.32 Å². The number of carboxylic acids is 1. The molecule has 0 fully saturated rings. The Hall–Kier alpha value is -2.15. The van der Waals surface area contributed by atoms with Gasteiger partial charge in [-0.15, -0.1) is 0 Å². The third-order valence-corrected chi connectivity index (χ3v) is 3.33. The van der Waals surface area contributed by atoms with Crippen molar-refractivity contribution in [3.63, 3.8) is 0 Å². The number of anilines is 1. The molecule has 0 atom stereocenters. The molecule has 2 aromatic rings. The predicted molar refractivity (Wildman–Crippen MR) is 79.1 cm³/mol. The Kier molecular flexibility index (Phi) is 4.42. The van der Waals surface area contributed by atoms with E-state index in [1.54, 1.807) is 16.8 Å². The van der Waals surface area contributed by atoms with Gasteiger partial charge >= 0.3 is 5.97 Å². The van der Waals surface area contributed by atoms with Crippen LogP contribution >= 0.6 is 15.9 Å². The number of aryl methyl sites for hydroxylation is 1. The molecule has 0 aliphatic carbocycles. The number of aromatic nitrogens is 1. The maximum Gasteiger partial charge on any atom is 0.337 e. The molecule has 110 valence electrons. The number of halogens is 2. The molecule has 0 bridgehead atoms. The number of nitrogens with one attached hydrogen (secondary N) is 1. The lowest BCUT2D eigenvalue weighted by molar-refractivity contribution is 0.0698. The van der Waals surface area contributed by atoms with Gasteiger partial charge in [-0.05, 0) is 47.1 Å². The topological polar surface area (TPSA) is 71.3 Å². The predicted octanol–water partition coefficient (Wildman–Crippen LogP) is 3.36. The zero-order valence-corrected chi connectivity index (χ0v) is 12.6. The highest BCUT2D eigenvalue weighted by Crippen LogP contribution is 2.20. The number of hydrogen-bond donors (Lipinski definition) is 2. The molecule has 0 unspecified atom stereocenters. The SMILES string of the molecule is CCn1cc(Br)cc1C(=O)Nc1cc(F)ccc1C(=O)O. The van der Waals surface area contributed by atoms with Gasteiger partial charge in [0, 0.05) is 17.2 Å². The lowest BCUT2D eigenvalue weighted by Crippen LogP contribution is -2.18. The molecule has 0 spiro atoms. The Morgan fingerprint density at radius 1 is 1.38 bits per heavy atom. The molecule has 1 aromatic heterocycles. The molecule has 0 aliphatic rings. The van der Waals surface area contributed by atoms with E-state index in [9.17, 15) is 14.0 Å². The second-order valence-electron chi connectivity index (χ2n) is 4.28. The Labute approximate surface area is 128 Å². The zero-order valence-electron chi connectivity index (χ0n) is 11.1. The molecule has 21 heavy (non-hydrogen) atoms. The largest absolute Gasteiger partial charge is 0.478 e. The Bertz CT molecular complexity index is 712. The first kappa shape index (κ1) is 15.2. The number of carbonyl (C=O) groups excluding carboxylic acids is 1. The van der Waals surface area contributed by atoms with Crippen LogP contribution in [0.15, 0.2) is 34.9 Å². The standard InChI is InChI=1S/C14H12BrFN2O3/c1-2-18-7-8(15)5-12(18)13(19)17-11-6-9(16)3-4-10(11)14(20)21/h3-7H,2H2,1H3,(H,17,19)(H,20,21). The molecule has 2 N–H and O–H groups in total. The van der Waals surface area contributed by atoms with Crippen LogP contribution in [0.1, 0.15) is 27.8 Å². The maximum absolute atomic E-state index is 13.3. The van der Waals surface area contributed by atoms with Crippen molar-refractivity contribution in [2.75, 3.05) is 5.32 Å². The molecular formula is C14H12BrFN2O3. The fourth-order valence-electron chi connectivity index (χ4n) is 1.92. The van der Waals surface area contributed by atoms with Crippen LogP contribution in [0, 0.1) is 5.82 Å². The molecule has 0 saturated heterocycles. The average molecular weight is 355 g/mol. The molecule has 1 aromatic carbocycles. The summed E-state index contributed by atoms with van der Waals surface area (Å²) >= 11 is 3.27. The lowest BCUT2D eigenvalue weighted by atomic mass is 10.1. The van der Waals surface area contributed by atoms with E-state index in [0.717, 1.165) is 22.7 Å². The zero-order chi connectivity index (χ0) is 15.6. The van der Waals surface area contributed by atoms with Crippen molar-refractivity contribution in [1.82, 2.24) is 4.57 Å². The number of aromatic carboxylic acids is 1. The van der Waals surface area contributed by atoms with E-state index in [4.69, 9.17) is 5.11 Å². The van der Waals surface area contributed by atoms with Gasteiger partial charge < -0.3 is 15.0 Å². The first-order valence-electron chi connectivity index (χ1n) is 6.12. The van der Waals surface area contributed by atoms with E-state index in [2.05, 4.69) is 21.2 Å². The minimum atomic E-state index is -1.24. The van der Waals surface area contributed by atoms with Crippen LogP contribution in [0.25, 0.3) is 0 Å². The normalized spacial score (nSPS) is 10.4. The van der Waals surface area contributed by atoms with E-state index in [1.165, 1.54) is 0 Å². The quantitative estimate of drug-likeness (QED) is 0.884. The van der Waals surface area contributed by atoms with Gasteiger partial charge in [0.1, 0.15) is 11.5 Å². The van der Waals surface area contributed by atoms with E-state index in [0.29, 0.717) is 12.2 Å². The molecule has 0 radical (unpaired) electrons. The third-order valence-electron chi connectivity index (χ3n) is 2.90. The summed E-state index contributed by atoms with van der Waals surface area (Å²) in [5.41, 5.74) is 0.107. The Morgan fingerprint density at radius 2 is 2.10 bits per heavy atom. The molecule has 0 saturated carbocycles. The first-order valence-corrected chi connectivity index (χ1v) is 6.91. The van der Waals surface area contributed by atoms with Crippen molar-refractivity contribution in [1.29, 1.82) is 0 Å². The van der Waals surface area contributed by atoms with Crippen molar-refractivity contribution >= 4 is 33.5 Å². The average Bonchev–Trinajstić information content (AvgIpc) is 2.79. The van der Waals surface area contributed by atoms with Crippen molar-refractivity contribution in [2.24, 2.45) is 0 Å². The second kappa shape index (κ2) is 6.09. The van der Waals surface area contributed by atoms with Gasteiger partial charge in [0.15, 0.2) is 0 Å². The van der Waals surface area contributed by atoms with E-state index < -0.39 is 17.7 Å². The fraction of sp³-hybridized carbons (Fsp3) is 0.143. The monoisotopic (exact) mass is 354 g/mol. The van der Waals surface area contributed by atoms with Gasteiger partial charge in [-0.3, -0.25) is 4.79 Å². The van der Waals surface area contributed by atoms with Gasteiger partial charge in [0.05, 0.1) is 11.3 Å². The fourth-order valence-corrected chi connectivity index (χ4v) is 2.38. The summed E-state index contributed by atoms with van der Waals surface area (Å²) in [4.78, 5) is 23.3. The van der Waals surface area contributed by atoms with Gasteiger partial charge in [-0.25, -0.2) is 9.18 Å². The lowest BCUT2D eigenvalue weighted by Gasteiger charge is -2.10. The summed E-state index contributed by atoms with van der Waals surface area (Å²) in [5.74, 6) is -2.37. The second-order valence-corrected chi connectivity index (χ2v) is 5.19. The molecule has 7 heteroatoms. The van der Waals surface area contributed by atoms with E-state index >= 15 is 0 Å². The molecule has 2 rings (SSSR count). The minimum absolute atomic E-state index is 0.0764. The Balaban J connectivity index is 2.35. The summed E-state index contributed by atoms with van der Waals surface area (Å²) in [6, 6.07) is 4.74. The highest BCUT2D eigenvalue weighted by molar-refractivity contribution is 9.10. The Morgan fingerprint density at radius 3 is 2.71 bits per heavy atom. The smallest absolute Gasteiger partial charge is 0.337 e. The number of benzene rings is 1. The minimum Gasteiger partial charge on any atom is -0.478 e. The van der Waals surface area contributed by atoms with Crippen LogP contribution in [0.4, 0.5) is 10.1 Å². The number of nitrogens with zero attached hydrogens (tertiary/aromatic N) is 1.